The molecule has 6 heteroatoms. The van der Waals surface area contributed by atoms with Crippen LogP contribution in [-0.2, 0) is 17.8 Å². The largest absolute Gasteiger partial charge is 0.493 e. The van der Waals surface area contributed by atoms with E-state index in [0.29, 0.717) is 24.6 Å². The van der Waals surface area contributed by atoms with Crippen LogP contribution in [0.15, 0.2) is 35.0 Å². The molecule has 1 aromatic heterocycles. The van der Waals surface area contributed by atoms with Crippen LogP contribution in [0.5, 0.6) is 11.5 Å². The molecular formula is C21H28N2O3S. The Morgan fingerprint density at radius 1 is 1.19 bits per heavy atom. The van der Waals surface area contributed by atoms with Gasteiger partial charge in [0.15, 0.2) is 11.5 Å². The van der Waals surface area contributed by atoms with E-state index in [9.17, 15) is 4.79 Å². The van der Waals surface area contributed by atoms with Crippen molar-refractivity contribution in [3.63, 3.8) is 0 Å². The molecule has 1 aromatic carbocycles. The molecule has 0 saturated heterocycles. The fraction of sp³-hybridized carbons (Fsp3) is 0.476. The van der Waals surface area contributed by atoms with Crippen LogP contribution in [0.3, 0.4) is 0 Å². The first kappa shape index (κ1) is 19.7. The van der Waals surface area contributed by atoms with Crippen LogP contribution >= 0.6 is 11.3 Å². The molecule has 1 fully saturated rings. The van der Waals surface area contributed by atoms with Crippen molar-refractivity contribution in [2.24, 2.45) is 11.7 Å². The number of ether oxygens (including phenoxy) is 2. The summed E-state index contributed by atoms with van der Waals surface area (Å²) in [4.78, 5) is 15.1. The molecule has 27 heavy (non-hydrogen) atoms. The lowest BCUT2D eigenvalue weighted by atomic mass is 10.0. The highest BCUT2D eigenvalue weighted by molar-refractivity contribution is 7.07. The van der Waals surface area contributed by atoms with Crippen LogP contribution in [0.1, 0.15) is 30.4 Å². The predicted molar refractivity (Wildman–Crippen MR) is 108 cm³/mol. The fourth-order valence-electron chi connectivity index (χ4n) is 3.67. The summed E-state index contributed by atoms with van der Waals surface area (Å²) in [6.07, 6.45) is 3.42. The zero-order chi connectivity index (χ0) is 19.2. The summed E-state index contributed by atoms with van der Waals surface area (Å²) >= 11 is 1.66. The van der Waals surface area contributed by atoms with E-state index in [4.69, 9.17) is 15.2 Å². The second-order valence-corrected chi connectivity index (χ2v) is 7.88. The molecule has 1 aliphatic rings. The number of amides is 1. The first-order valence-corrected chi connectivity index (χ1v) is 10.3. The zero-order valence-corrected chi connectivity index (χ0v) is 16.8. The van der Waals surface area contributed by atoms with Crippen LogP contribution in [0.2, 0.25) is 0 Å². The number of nitrogens with two attached hydrogens (primary N) is 1. The van der Waals surface area contributed by atoms with Gasteiger partial charge in [-0.2, -0.15) is 11.3 Å². The predicted octanol–water partition coefficient (Wildman–Crippen LogP) is 3.46. The van der Waals surface area contributed by atoms with Gasteiger partial charge in [0.2, 0.25) is 5.91 Å². The normalized spacial score (nSPS) is 19.1. The van der Waals surface area contributed by atoms with E-state index < -0.39 is 0 Å². The van der Waals surface area contributed by atoms with Gasteiger partial charge in [0.05, 0.1) is 14.2 Å². The third-order valence-corrected chi connectivity index (χ3v) is 5.94. The lowest BCUT2D eigenvalue weighted by Crippen LogP contribution is -2.36. The van der Waals surface area contributed by atoms with Gasteiger partial charge in [0, 0.05) is 25.0 Å². The molecule has 2 unspecified atom stereocenters. The maximum atomic E-state index is 13.1. The van der Waals surface area contributed by atoms with Gasteiger partial charge in [-0.05, 0) is 65.8 Å². The Bertz CT molecular complexity index is 748. The van der Waals surface area contributed by atoms with Gasteiger partial charge in [0.25, 0.3) is 0 Å². The topological polar surface area (TPSA) is 64.8 Å². The Labute approximate surface area is 165 Å². The van der Waals surface area contributed by atoms with Crippen molar-refractivity contribution >= 4 is 17.2 Å². The number of rotatable bonds is 8. The highest BCUT2D eigenvalue weighted by Gasteiger charge is 2.31. The van der Waals surface area contributed by atoms with Crippen molar-refractivity contribution in [1.82, 2.24) is 4.90 Å². The summed E-state index contributed by atoms with van der Waals surface area (Å²) in [6, 6.07) is 8.17. The van der Waals surface area contributed by atoms with E-state index >= 15 is 0 Å². The van der Waals surface area contributed by atoms with Gasteiger partial charge in [-0.15, -0.1) is 0 Å². The lowest BCUT2D eigenvalue weighted by molar-refractivity contribution is -0.136. The molecule has 2 aromatic rings. The molecule has 2 atom stereocenters. The van der Waals surface area contributed by atoms with E-state index in [2.05, 4.69) is 16.8 Å². The van der Waals surface area contributed by atoms with Gasteiger partial charge >= 0.3 is 0 Å². The van der Waals surface area contributed by atoms with Crippen LogP contribution in [0.4, 0.5) is 0 Å². The molecule has 0 aliphatic heterocycles. The summed E-state index contributed by atoms with van der Waals surface area (Å²) in [5.74, 6) is 1.72. The molecule has 3 rings (SSSR count). The molecule has 1 aliphatic carbocycles. The van der Waals surface area contributed by atoms with Gasteiger partial charge in [-0.3, -0.25) is 4.79 Å². The third-order valence-electron chi connectivity index (χ3n) is 5.21. The van der Waals surface area contributed by atoms with Crippen LogP contribution in [0, 0.1) is 5.92 Å². The Hall–Kier alpha value is -2.05. The summed E-state index contributed by atoms with van der Waals surface area (Å²) in [7, 11) is 3.27. The molecule has 0 spiro atoms. The lowest BCUT2D eigenvalue weighted by Gasteiger charge is -2.26. The van der Waals surface area contributed by atoms with E-state index in [1.54, 1.807) is 25.6 Å². The number of methoxy groups -OCH3 is 2. The number of thiophene rings is 1. The van der Waals surface area contributed by atoms with Crippen molar-refractivity contribution in [3.8, 4) is 11.5 Å². The highest BCUT2D eigenvalue weighted by Crippen LogP contribution is 2.29. The minimum atomic E-state index is 0.0593. The van der Waals surface area contributed by atoms with Gasteiger partial charge < -0.3 is 20.1 Å². The molecule has 146 valence electrons. The molecule has 0 radical (unpaired) electrons. The SMILES string of the molecule is COc1ccc(CCN(Cc2ccsc2)C(=O)C2CCC(N)C2)cc1OC. The van der Waals surface area contributed by atoms with E-state index in [1.165, 1.54) is 5.56 Å². The van der Waals surface area contributed by atoms with Crippen molar-refractivity contribution in [2.75, 3.05) is 20.8 Å². The van der Waals surface area contributed by atoms with Crippen LogP contribution in [-0.4, -0.2) is 37.6 Å². The summed E-state index contributed by atoms with van der Waals surface area (Å²) in [5.41, 5.74) is 8.34. The highest BCUT2D eigenvalue weighted by atomic mass is 32.1. The number of benzene rings is 1. The number of hydrogen-bond acceptors (Lipinski definition) is 5. The van der Waals surface area contributed by atoms with Crippen molar-refractivity contribution in [3.05, 3.63) is 46.2 Å². The monoisotopic (exact) mass is 388 g/mol. The molecule has 1 heterocycles. The van der Waals surface area contributed by atoms with Crippen molar-refractivity contribution in [2.45, 2.75) is 38.3 Å². The van der Waals surface area contributed by atoms with Crippen LogP contribution < -0.4 is 15.2 Å². The maximum absolute atomic E-state index is 13.1. The molecule has 1 saturated carbocycles. The molecular weight excluding hydrogens is 360 g/mol. The first-order valence-electron chi connectivity index (χ1n) is 9.37. The average Bonchev–Trinajstić information content (AvgIpc) is 3.35. The van der Waals surface area contributed by atoms with Gasteiger partial charge in [0.1, 0.15) is 0 Å². The summed E-state index contributed by atoms with van der Waals surface area (Å²) < 4.78 is 10.7. The molecule has 2 N–H and O–H groups in total. The number of hydrogen-bond donors (Lipinski definition) is 1. The van der Waals surface area contributed by atoms with Crippen molar-refractivity contribution in [1.29, 1.82) is 0 Å². The number of nitrogens with zero attached hydrogens (tertiary/aromatic N) is 1. The third kappa shape index (κ3) is 5.02. The fourth-order valence-corrected chi connectivity index (χ4v) is 4.33. The average molecular weight is 389 g/mol. The van der Waals surface area contributed by atoms with Crippen molar-refractivity contribution < 1.29 is 14.3 Å². The second kappa shape index (κ2) is 9.24. The molecule has 0 bridgehead atoms. The van der Waals surface area contributed by atoms with Crippen LogP contribution in [0.25, 0.3) is 0 Å². The Morgan fingerprint density at radius 2 is 2.00 bits per heavy atom. The van der Waals surface area contributed by atoms with E-state index in [1.807, 2.05) is 23.1 Å². The molecule has 1 amide bonds. The van der Waals surface area contributed by atoms with Gasteiger partial charge in [-0.25, -0.2) is 0 Å². The minimum absolute atomic E-state index is 0.0593. The number of carbonyl (C=O) groups is 1. The first-order chi connectivity index (χ1) is 13.1. The smallest absolute Gasteiger partial charge is 0.226 e. The second-order valence-electron chi connectivity index (χ2n) is 7.10. The summed E-state index contributed by atoms with van der Waals surface area (Å²) in [5, 5.41) is 4.16. The quantitative estimate of drug-likeness (QED) is 0.752. The van der Waals surface area contributed by atoms with Gasteiger partial charge in [-0.1, -0.05) is 6.07 Å². The Kier molecular flexibility index (Phi) is 6.74. The Morgan fingerprint density at radius 3 is 2.63 bits per heavy atom. The Balaban J connectivity index is 1.70. The van der Waals surface area contributed by atoms with E-state index in [0.717, 1.165) is 31.2 Å². The standard InChI is InChI=1S/C21H28N2O3S/c1-25-19-6-3-15(11-20(19)26-2)7-9-23(13-16-8-10-27-14-16)21(24)17-4-5-18(22)12-17/h3,6,8,10-11,14,17-18H,4-5,7,9,12-13,22H2,1-2H3. The minimum Gasteiger partial charge on any atom is -0.493 e. The number of carbonyl (C=O) groups excluding carboxylic acids is 1. The summed E-state index contributed by atoms with van der Waals surface area (Å²) in [6.45, 7) is 1.33. The molecule has 5 nitrogen and oxygen atoms in total. The van der Waals surface area contributed by atoms with E-state index in [-0.39, 0.29) is 17.9 Å². The maximum Gasteiger partial charge on any atom is 0.226 e. The zero-order valence-electron chi connectivity index (χ0n) is 16.0.